The number of aromatic nitrogens is 1. The molecule has 27 heavy (non-hydrogen) atoms. The van der Waals surface area contributed by atoms with Gasteiger partial charge in [-0.2, -0.15) is 5.26 Å². The molecule has 3 rings (SSSR count). The minimum Gasteiger partial charge on any atom is -0.372 e. The molecule has 0 radical (unpaired) electrons. The number of thiophene rings is 1. The van der Waals surface area contributed by atoms with E-state index in [4.69, 9.17) is 0 Å². The van der Waals surface area contributed by atoms with Gasteiger partial charge in [0.1, 0.15) is 6.07 Å². The third kappa shape index (κ3) is 4.35. The molecule has 0 saturated heterocycles. The summed E-state index contributed by atoms with van der Waals surface area (Å²) >= 11 is 6.17. The predicted molar refractivity (Wildman–Crippen MR) is 118 cm³/mol. The van der Waals surface area contributed by atoms with E-state index < -0.39 is 0 Å². The molecular formula is C22H23N3S2. The van der Waals surface area contributed by atoms with Crippen molar-refractivity contribution in [1.29, 1.82) is 5.26 Å². The van der Waals surface area contributed by atoms with E-state index in [9.17, 15) is 5.26 Å². The molecule has 3 aromatic rings. The zero-order chi connectivity index (χ0) is 19.2. The lowest BCUT2D eigenvalue weighted by atomic mass is 10.1. The van der Waals surface area contributed by atoms with Crippen LogP contribution >= 0.6 is 24.0 Å². The van der Waals surface area contributed by atoms with Crippen LogP contribution in [0.1, 0.15) is 32.3 Å². The van der Waals surface area contributed by atoms with Crippen molar-refractivity contribution in [1.82, 2.24) is 4.98 Å². The molecule has 0 aliphatic heterocycles. The predicted octanol–water partition coefficient (Wildman–Crippen LogP) is 6.26. The van der Waals surface area contributed by atoms with Gasteiger partial charge in [-0.05, 0) is 42.7 Å². The molecule has 0 spiro atoms. The van der Waals surface area contributed by atoms with Gasteiger partial charge in [0.05, 0.1) is 5.56 Å². The fraction of sp³-hybridized carbons (Fsp3) is 0.273. The molecule has 0 aliphatic carbocycles. The number of nitrogens with zero attached hydrogens (tertiary/aromatic N) is 3. The van der Waals surface area contributed by atoms with Crippen molar-refractivity contribution in [2.24, 2.45) is 0 Å². The monoisotopic (exact) mass is 393 g/mol. The van der Waals surface area contributed by atoms with Crippen molar-refractivity contribution in [3.05, 3.63) is 54.4 Å². The van der Waals surface area contributed by atoms with Crippen LogP contribution in [0, 0.1) is 11.3 Å². The molecule has 2 aromatic heterocycles. The Kier molecular flexibility index (Phi) is 6.54. The first-order chi connectivity index (χ1) is 13.2. The average molecular weight is 394 g/mol. The van der Waals surface area contributed by atoms with Crippen molar-refractivity contribution in [2.75, 3.05) is 18.0 Å². The van der Waals surface area contributed by atoms with Crippen molar-refractivity contribution in [3.63, 3.8) is 0 Å². The highest BCUT2D eigenvalue weighted by Crippen LogP contribution is 2.38. The lowest BCUT2D eigenvalue weighted by molar-refractivity contribution is 0.745. The van der Waals surface area contributed by atoms with Gasteiger partial charge in [-0.1, -0.05) is 26.0 Å². The van der Waals surface area contributed by atoms with Crippen molar-refractivity contribution < 1.29 is 0 Å². The van der Waals surface area contributed by atoms with E-state index in [0.29, 0.717) is 5.56 Å². The molecule has 0 bridgehead atoms. The number of pyridine rings is 1. The van der Waals surface area contributed by atoms with Gasteiger partial charge < -0.3 is 4.90 Å². The molecule has 0 N–H and O–H groups in total. The second kappa shape index (κ2) is 9.07. The maximum atomic E-state index is 9.37. The largest absolute Gasteiger partial charge is 0.372 e. The van der Waals surface area contributed by atoms with E-state index in [1.165, 1.54) is 16.1 Å². The summed E-state index contributed by atoms with van der Waals surface area (Å²) in [6, 6.07) is 15.2. The SMILES string of the molecule is CCCN(CCC)c1ccc(-c2ccc(-c3c(S)cncc3C#N)s2)cc1. The Morgan fingerprint density at radius 3 is 2.30 bits per heavy atom. The van der Waals surface area contributed by atoms with E-state index in [0.717, 1.165) is 41.3 Å². The summed E-state index contributed by atoms with van der Waals surface area (Å²) in [7, 11) is 0. The molecule has 1 aromatic carbocycles. The first-order valence-corrected chi connectivity index (χ1v) is 10.5. The van der Waals surface area contributed by atoms with Crippen LogP contribution in [0.15, 0.2) is 53.7 Å². The van der Waals surface area contributed by atoms with Crippen molar-refractivity contribution in [2.45, 2.75) is 31.6 Å². The molecule has 138 valence electrons. The van der Waals surface area contributed by atoms with Crippen LogP contribution in [0.2, 0.25) is 0 Å². The number of benzene rings is 1. The summed E-state index contributed by atoms with van der Waals surface area (Å²) in [5.74, 6) is 0. The Balaban J connectivity index is 1.88. The topological polar surface area (TPSA) is 39.9 Å². The zero-order valence-electron chi connectivity index (χ0n) is 15.6. The van der Waals surface area contributed by atoms with Crippen LogP contribution in [0.3, 0.4) is 0 Å². The van der Waals surface area contributed by atoms with Crippen LogP contribution in [0.25, 0.3) is 20.9 Å². The van der Waals surface area contributed by atoms with E-state index in [2.05, 4.69) is 78.8 Å². The van der Waals surface area contributed by atoms with E-state index in [-0.39, 0.29) is 0 Å². The Morgan fingerprint density at radius 1 is 1.00 bits per heavy atom. The van der Waals surface area contributed by atoms with Gasteiger partial charge in [0.15, 0.2) is 0 Å². The summed E-state index contributed by atoms with van der Waals surface area (Å²) in [5, 5.41) is 9.37. The first-order valence-electron chi connectivity index (χ1n) is 9.20. The number of anilines is 1. The first kappa shape index (κ1) is 19.5. The lowest BCUT2D eigenvalue weighted by Crippen LogP contribution is -2.24. The molecule has 0 saturated carbocycles. The van der Waals surface area contributed by atoms with Crippen LogP contribution in [-0.2, 0) is 0 Å². The van der Waals surface area contributed by atoms with Gasteiger partial charge in [0.2, 0.25) is 0 Å². The third-order valence-corrected chi connectivity index (χ3v) is 5.89. The van der Waals surface area contributed by atoms with Gasteiger partial charge in [-0.15, -0.1) is 24.0 Å². The summed E-state index contributed by atoms with van der Waals surface area (Å²) in [4.78, 5) is 9.45. The minimum absolute atomic E-state index is 0.557. The Bertz CT molecular complexity index is 933. The quantitative estimate of drug-likeness (QED) is 0.481. The second-order valence-corrected chi connectivity index (χ2v) is 7.96. The maximum absolute atomic E-state index is 9.37. The molecule has 0 amide bonds. The van der Waals surface area contributed by atoms with Gasteiger partial charge in [-0.3, -0.25) is 4.98 Å². The fourth-order valence-corrected chi connectivity index (χ4v) is 4.64. The van der Waals surface area contributed by atoms with Crippen LogP contribution in [-0.4, -0.2) is 18.1 Å². The smallest absolute Gasteiger partial charge is 0.101 e. The molecule has 0 atom stereocenters. The Hall–Kier alpha value is -2.29. The molecule has 0 fully saturated rings. The average Bonchev–Trinajstić information content (AvgIpc) is 3.17. The normalized spacial score (nSPS) is 10.6. The molecule has 0 unspecified atom stereocenters. The summed E-state index contributed by atoms with van der Waals surface area (Å²) < 4.78 is 0. The van der Waals surface area contributed by atoms with Gasteiger partial charge in [0, 0.05) is 51.4 Å². The van der Waals surface area contributed by atoms with Crippen molar-refractivity contribution >= 4 is 29.7 Å². The molecule has 0 aliphatic rings. The van der Waals surface area contributed by atoms with Gasteiger partial charge in [-0.25, -0.2) is 0 Å². The number of hydrogen-bond acceptors (Lipinski definition) is 5. The minimum atomic E-state index is 0.557. The molecule has 2 heterocycles. The van der Waals surface area contributed by atoms with Gasteiger partial charge >= 0.3 is 0 Å². The fourth-order valence-electron chi connectivity index (χ4n) is 3.17. The van der Waals surface area contributed by atoms with E-state index in [1.807, 2.05) is 0 Å². The number of rotatable bonds is 7. The lowest BCUT2D eigenvalue weighted by Gasteiger charge is -2.23. The number of hydrogen-bond donors (Lipinski definition) is 1. The Morgan fingerprint density at radius 2 is 1.67 bits per heavy atom. The van der Waals surface area contributed by atoms with Crippen LogP contribution < -0.4 is 4.90 Å². The highest BCUT2D eigenvalue weighted by molar-refractivity contribution is 7.80. The summed E-state index contributed by atoms with van der Waals surface area (Å²) in [6.07, 6.45) is 5.58. The van der Waals surface area contributed by atoms with Crippen LogP contribution in [0.4, 0.5) is 5.69 Å². The standard InChI is InChI=1S/C22H23N3S2/c1-3-11-25(12-4-2)18-7-5-16(6-8-18)20-9-10-21(27-20)22-17(13-23)14-24-15-19(22)26/h5-10,14-15,26H,3-4,11-12H2,1-2H3. The summed E-state index contributed by atoms with van der Waals surface area (Å²) in [6.45, 7) is 6.60. The zero-order valence-corrected chi connectivity index (χ0v) is 17.4. The third-order valence-electron chi connectivity index (χ3n) is 4.40. The second-order valence-electron chi connectivity index (χ2n) is 6.39. The van der Waals surface area contributed by atoms with E-state index >= 15 is 0 Å². The highest BCUT2D eigenvalue weighted by atomic mass is 32.1. The van der Waals surface area contributed by atoms with Gasteiger partial charge in [0.25, 0.3) is 0 Å². The van der Waals surface area contributed by atoms with Crippen LogP contribution in [0.5, 0.6) is 0 Å². The molecule has 3 nitrogen and oxygen atoms in total. The number of nitriles is 1. The summed E-state index contributed by atoms with van der Waals surface area (Å²) in [5.41, 5.74) is 3.88. The van der Waals surface area contributed by atoms with Crippen molar-refractivity contribution in [3.8, 4) is 27.0 Å². The van der Waals surface area contributed by atoms with E-state index in [1.54, 1.807) is 23.7 Å². The maximum Gasteiger partial charge on any atom is 0.101 e. The Labute approximate surface area is 170 Å². The highest BCUT2D eigenvalue weighted by Gasteiger charge is 2.13. The number of thiol groups is 1. The molecule has 5 heteroatoms. The molecular weight excluding hydrogens is 370 g/mol.